The van der Waals surface area contributed by atoms with E-state index in [1.54, 1.807) is 0 Å². The van der Waals surface area contributed by atoms with E-state index in [0.717, 1.165) is 19.3 Å². The maximum Gasteiger partial charge on any atom is 0 e. The summed E-state index contributed by atoms with van der Waals surface area (Å²) in [6, 6.07) is 0. The molecular weight excluding hydrogens is 269 g/mol. The third-order valence-corrected chi connectivity index (χ3v) is 1.97. The SMILES string of the molecule is C1=CCC=C1.C1=CCC=C1.C1=CCC=C1.[Y]. The summed E-state index contributed by atoms with van der Waals surface area (Å²) in [5.74, 6) is 0. The van der Waals surface area contributed by atoms with Crippen LogP contribution in [0.25, 0.3) is 0 Å². The first-order valence-corrected chi connectivity index (χ1v) is 5.45. The second-order valence-corrected chi connectivity index (χ2v) is 3.28. The van der Waals surface area contributed by atoms with Gasteiger partial charge in [-0.15, -0.1) is 0 Å². The van der Waals surface area contributed by atoms with Crippen LogP contribution in [0.1, 0.15) is 19.3 Å². The molecule has 81 valence electrons. The van der Waals surface area contributed by atoms with Crippen LogP contribution in [0.4, 0.5) is 0 Å². The van der Waals surface area contributed by atoms with Crippen molar-refractivity contribution in [2.45, 2.75) is 19.3 Å². The van der Waals surface area contributed by atoms with E-state index >= 15 is 0 Å². The number of hydrogen-bond acceptors (Lipinski definition) is 0. The van der Waals surface area contributed by atoms with Gasteiger partial charge in [0.1, 0.15) is 0 Å². The van der Waals surface area contributed by atoms with E-state index in [2.05, 4.69) is 72.9 Å². The molecular formula is C15H18Y. The van der Waals surface area contributed by atoms with Crippen molar-refractivity contribution in [2.75, 3.05) is 0 Å². The van der Waals surface area contributed by atoms with Crippen molar-refractivity contribution < 1.29 is 32.7 Å². The summed E-state index contributed by atoms with van der Waals surface area (Å²) < 4.78 is 0. The molecule has 0 atom stereocenters. The van der Waals surface area contributed by atoms with Gasteiger partial charge >= 0.3 is 0 Å². The van der Waals surface area contributed by atoms with Gasteiger partial charge in [-0.3, -0.25) is 0 Å². The molecule has 0 bridgehead atoms. The molecule has 3 aliphatic carbocycles. The first-order valence-electron chi connectivity index (χ1n) is 5.45. The van der Waals surface area contributed by atoms with Crippen LogP contribution in [0.3, 0.4) is 0 Å². The zero-order chi connectivity index (χ0) is 10.6. The maximum absolute atomic E-state index is 2.12. The molecule has 0 aromatic heterocycles. The van der Waals surface area contributed by atoms with Crippen LogP contribution < -0.4 is 0 Å². The monoisotopic (exact) mass is 287 g/mol. The van der Waals surface area contributed by atoms with Crippen LogP contribution in [0.5, 0.6) is 0 Å². The molecule has 16 heavy (non-hydrogen) atoms. The minimum absolute atomic E-state index is 0. The van der Waals surface area contributed by atoms with Crippen LogP contribution >= 0.6 is 0 Å². The zero-order valence-corrected chi connectivity index (χ0v) is 12.5. The molecule has 3 rings (SSSR count). The third-order valence-electron chi connectivity index (χ3n) is 1.97. The molecule has 0 aromatic rings. The first-order chi connectivity index (χ1) is 7.50. The van der Waals surface area contributed by atoms with Gasteiger partial charge in [0, 0.05) is 32.7 Å². The largest absolute Gasteiger partial charge is 0.0808 e. The van der Waals surface area contributed by atoms with Gasteiger partial charge in [-0.2, -0.15) is 0 Å². The minimum Gasteiger partial charge on any atom is -0.0808 e. The fourth-order valence-electron chi connectivity index (χ4n) is 1.18. The Kier molecular flexibility index (Phi) is 12.3. The van der Waals surface area contributed by atoms with Crippen LogP contribution in [-0.2, 0) is 32.7 Å². The Balaban J connectivity index is 0.000000205. The molecule has 0 fully saturated rings. The average molecular weight is 287 g/mol. The minimum atomic E-state index is 0. The summed E-state index contributed by atoms with van der Waals surface area (Å²) in [5, 5.41) is 0. The van der Waals surface area contributed by atoms with Gasteiger partial charge in [-0.25, -0.2) is 0 Å². The second-order valence-electron chi connectivity index (χ2n) is 3.28. The zero-order valence-electron chi connectivity index (χ0n) is 9.63. The summed E-state index contributed by atoms with van der Waals surface area (Å²) in [4.78, 5) is 0. The molecule has 0 spiro atoms. The van der Waals surface area contributed by atoms with Gasteiger partial charge in [0.05, 0.1) is 0 Å². The quantitative estimate of drug-likeness (QED) is 0.615. The predicted octanol–water partition coefficient (Wildman–Crippen LogP) is 4.51. The van der Waals surface area contributed by atoms with Crippen LogP contribution in [0.15, 0.2) is 72.9 Å². The Morgan fingerprint density at radius 1 is 0.375 bits per heavy atom. The smallest absolute Gasteiger partial charge is 0 e. The molecule has 0 saturated heterocycles. The maximum atomic E-state index is 2.12. The van der Waals surface area contributed by atoms with Crippen molar-refractivity contribution >= 4 is 0 Å². The van der Waals surface area contributed by atoms with Crippen LogP contribution in [0, 0.1) is 0 Å². The molecule has 0 heterocycles. The molecule has 0 unspecified atom stereocenters. The number of allylic oxidation sites excluding steroid dienone is 12. The van der Waals surface area contributed by atoms with Crippen molar-refractivity contribution in [2.24, 2.45) is 0 Å². The van der Waals surface area contributed by atoms with E-state index in [-0.39, 0.29) is 32.7 Å². The molecule has 1 heteroatoms. The van der Waals surface area contributed by atoms with Gasteiger partial charge in [0.2, 0.25) is 0 Å². The topological polar surface area (TPSA) is 0 Å². The molecule has 3 aliphatic rings. The molecule has 0 amide bonds. The molecule has 0 N–H and O–H groups in total. The Bertz CT molecular complexity index is 232. The third kappa shape index (κ3) is 10.1. The van der Waals surface area contributed by atoms with Crippen molar-refractivity contribution in [3.05, 3.63) is 72.9 Å². The summed E-state index contributed by atoms with van der Waals surface area (Å²) in [5.41, 5.74) is 0. The summed E-state index contributed by atoms with van der Waals surface area (Å²) >= 11 is 0. The van der Waals surface area contributed by atoms with Crippen LogP contribution in [-0.4, -0.2) is 0 Å². The molecule has 0 aliphatic heterocycles. The second kappa shape index (κ2) is 12.6. The Morgan fingerprint density at radius 2 is 0.562 bits per heavy atom. The van der Waals surface area contributed by atoms with E-state index in [1.807, 2.05) is 0 Å². The number of rotatable bonds is 0. The Labute approximate surface area is 124 Å². The summed E-state index contributed by atoms with van der Waals surface area (Å²) in [6.07, 6.45) is 28.5. The van der Waals surface area contributed by atoms with Crippen molar-refractivity contribution in [1.29, 1.82) is 0 Å². The molecule has 0 saturated carbocycles. The summed E-state index contributed by atoms with van der Waals surface area (Å²) in [6.45, 7) is 0. The van der Waals surface area contributed by atoms with Crippen molar-refractivity contribution in [1.82, 2.24) is 0 Å². The average Bonchev–Trinajstić information content (AvgIpc) is 3.09. The van der Waals surface area contributed by atoms with Gasteiger partial charge in [-0.1, -0.05) is 72.9 Å². The first kappa shape index (κ1) is 15.5. The van der Waals surface area contributed by atoms with E-state index in [0.29, 0.717) is 0 Å². The molecule has 1 radical (unpaired) electrons. The predicted molar refractivity (Wildman–Crippen MR) is 68.7 cm³/mol. The Morgan fingerprint density at radius 3 is 0.625 bits per heavy atom. The van der Waals surface area contributed by atoms with Crippen LogP contribution in [0.2, 0.25) is 0 Å². The van der Waals surface area contributed by atoms with Crippen molar-refractivity contribution in [3.63, 3.8) is 0 Å². The Hall–Kier alpha value is -0.456. The molecule has 0 nitrogen and oxygen atoms in total. The van der Waals surface area contributed by atoms with E-state index < -0.39 is 0 Å². The standard InChI is InChI=1S/3C5H6.Y/c3*1-2-4-5-3-1;/h3*1-4H,5H2;. The fourth-order valence-corrected chi connectivity index (χ4v) is 1.18. The van der Waals surface area contributed by atoms with E-state index in [9.17, 15) is 0 Å². The van der Waals surface area contributed by atoms with Crippen molar-refractivity contribution in [3.8, 4) is 0 Å². The van der Waals surface area contributed by atoms with Gasteiger partial charge in [0.25, 0.3) is 0 Å². The van der Waals surface area contributed by atoms with E-state index in [4.69, 9.17) is 0 Å². The van der Waals surface area contributed by atoms with Gasteiger partial charge in [0.15, 0.2) is 0 Å². The molecule has 0 aromatic carbocycles. The summed E-state index contributed by atoms with van der Waals surface area (Å²) in [7, 11) is 0. The van der Waals surface area contributed by atoms with E-state index in [1.165, 1.54) is 0 Å². The van der Waals surface area contributed by atoms with Gasteiger partial charge in [-0.05, 0) is 19.3 Å². The normalized spacial score (nSPS) is 16.5. The van der Waals surface area contributed by atoms with Gasteiger partial charge < -0.3 is 0 Å². The fraction of sp³-hybridized carbons (Fsp3) is 0.200. The number of hydrogen-bond donors (Lipinski definition) is 0.